The van der Waals surface area contributed by atoms with Crippen molar-refractivity contribution in [3.05, 3.63) is 66.2 Å². The lowest BCUT2D eigenvalue weighted by Crippen LogP contribution is -2.26. The van der Waals surface area contributed by atoms with Crippen LogP contribution in [-0.2, 0) is 9.84 Å². The summed E-state index contributed by atoms with van der Waals surface area (Å²) in [7, 11) is -3.39. The van der Waals surface area contributed by atoms with Crippen LogP contribution in [-0.4, -0.2) is 20.8 Å². The number of ether oxygens (including phenoxy) is 1. The Labute approximate surface area is 134 Å². The number of alkyl halides is 2. The lowest BCUT2D eigenvalue weighted by molar-refractivity contribution is 0.147. The largest absolute Gasteiger partial charge is 0.496 e. The molecule has 0 spiro atoms. The Kier molecular flexibility index (Phi) is 4.85. The van der Waals surface area contributed by atoms with Crippen molar-refractivity contribution in [1.82, 2.24) is 0 Å². The minimum absolute atomic E-state index is 0.118. The van der Waals surface area contributed by atoms with Gasteiger partial charge in [-0.1, -0.05) is 36.4 Å². The van der Waals surface area contributed by atoms with E-state index in [-0.39, 0.29) is 5.57 Å². The number of hydrogen-bond acceptors (Lipinski definition) is 3. The second-order valence-corrected chi connectivity index (χ2v) is 6.93. The van der Waals surface area contributed by atoms with Crippen LogP contribution in [0, 0.1) is 0 Å². The van der Waals surface area contributed by atoms with Crippen LogP contribution in [0.1, 0.15) is 12.5 Å². The Hall–Kier alpha value is -2.21. The average Bonchev–Trinajstić information content (AvgIpc) is 2.55. The molecule has 0 fully saturated rings. The maximum Gasteiger partial charge on any atom is 0.369 e. The van der Waals surface area contributed by atoms with Crippen LogP contribution in [0.2, 0.25) is 0 Å². The summed E-state index contributed by atoms with van der Waals surface area (Å²) in [5.41, 5.74) is 0.532. The molecule has 3 nitrogen and oxygen atoms in total. The molecule has 6 heteroatoms. The quantitative estimate of drug-likeness (QED) is 0.822. The second kappa shape index (κ2) is 6.50. The molecule has 0 aromatic heterocycles. The molecule has 2 aromatic carbocycles. The molecule has 0 saturated carbocycles. The summed E-state index contributed by atoms with van der Waals surface area (Å²) in [5, 5.41) is -4.03. The molecule has 0 N–H and O–H groups in total. The van der Waals surface area contributed by atoms with Crippen LogP contribution in [0.4, 0.5) is 8.78 Å². The fourth-order valence-electron chi connectivity index (χ4n) is 2.13. The topological polar surface area (TPSA) is 43.4 Å². The molecule has 0 aliphatic rings. The summed E-state index contributed by atoms with van der Waals surface area (Å²) >= 11 is 0. The molecule has 0 bridgehead atoms. The van der Waals surface area contributed by atoms with Crippen LogP contribution >= 0.6 is 0 Å². The van der Waals surface area contributed by atoms with Crippen molar-refractivity contribution in [2.24, 2.45) is 0 Å². The first kappa shape index (κ1) is 17.1. The molecule has 122 valence electrons. The van der Waals surface area contributed by atoms with Crippen molar-refractivity contribution in [2.75, 3.05) is 7.11 Å². The monoisotopic (exact) mass is 338 g/mol. The molecule has 0 aliphatic carbocycles. The summed E-state index contributed by atoms with van der Waals surface area (Å²) in [5.74, 6) is 0.397. The third-order valence-corrected chi connectivity index (χ3v) is 5.06. The summed E-state index contributed by atoms with van der Waals surface area (Å²) < 4.78 is 58.1. The zero-order valence-corrected chi connectivity index (χ0v) is 13.5. The number of halogens is 2. The van der Waals surface area contributed by atoms with Gasteiger partial charge < -0.3 is 4.74 Å². The number of sulfone groups is 1. The second-order valence-electron chi connectivity index (χ2n) is 4.91. The van der Waals surface area contributed by atoms with Gasteiger partial charge in [0.05, 0.1) is 12.0 Å². The molecule has 0 aliphatic heterocycles. The molecule has 2 aromatic rings. The van der Waals surface area contributed by atoms with Crippen molar-refractivity contribution in [1.29, 1.82) is 0 Å². The Morgan fingerprint density at radius 1 is 1.04 bits per heavy atom. The number of benzene rings is 2. The third kappa shape index (κ3) is 3.42. The predicted octanol–water partition coefficient (Wildman–Crippen LogP) is 4.17. The zero-order chi connectivity index (χ0) is 17.1. The van der Waals surface area contributed by atoms with E-state index in [1.54, 1.807) is 30.3 Å². The standard InChI is InChI=1S/C17H16F2O3S/c1-13(15-10-6-7-11-16(15)22-2)12-17(18,19)23(20,21)14-8-4-3-5-9-14/h3-12H,1-2H3/b13-12+. The molecule has 2 rings (SSSR count). The normalized spacial score (nSPS) is 13.0. The SMILES string of the molecule is COc1ccccc1/C(C)=C/C(F)(F)S(=O)(=O)c1ccccc1. The van der Waals surface area contributed by atoms with Gasteiger partial charge in [-0.25, -0.2) is 8.42 Å². The van der Waals surface area contributed by atoms with Gasteiger partial charge in [-0.2, -0.15) is 8.78 Å². The van der Waals surface area contributed by atoms with Gasteiger partial charge in [0.2, 0.25) is 9.84 Å². The van der Waals surface area contributed by atoms with Crippen molar-refractivity contribution in [2.45, 2.75) is 17.1 Å². The Morgan fingerprint density at radius 3 is 2.22 bits per heavy atom. The minimum Gasteiger partial charge on any atom is -0.496 e. The lowest BCUT2D eigenvalue weighted by atomic mass is 10.1. The molecule has 0 saturated heterocycles. The average molecular weight is 338 g/mol. The molecular formula is C17H16F2O3S. The van der Waals surface area contributed by atoms with E-state index in [1.807, 2.05) is 0 Å². The van der Waals surface area contributed by atoms with E-state index in [4.69, 9.17) is 4.74 Å². The molecule has 0 unspecified atom stereocenters. The van der Waals surface area contributed by atoms with Gasteiger partial charge in [-0.05, 0) is 30.7 Å². The number of allylic oxidation sites excluding steroid dienone is 1. The number of methoxy groups -OCH3 is 1. The molecule has 23 heavy (non-hydrogen) atoms. The maximum atomic E-state index is 14.4. The molecular weight excluding hydrogens is 322 g/mol. The number of rotatable bonds is 5. The first-order valence-corrected chi connectivity index (χ1v) is 8.28. The smallest absolute Gasteiger partial charge is 0.369 e. The first-order chi connectivity index (χ1) is 10.8. The fourth-order valence-corrected chi connectivity index (χ4v) is 3.30. The van der Waals surface area contributed by atoms with Crippen LogP contribution in [0.15, 0.2) is 65.6 Å². The lowest BCUT2D eigenvalue weighted by Gasteiger charge is -2.15. The van der Waals surface area contributed by atoms with E-state index >= 15 is 0 Å². The van der Waals surface area contributed by atoms with Gasteiger partial charge in [0.25, 0.3) is 0 Å². The van der Waals surface area contributed by atoms with Crippen LogP contribution in [0.5, 0.6) is 5.75 Å². The predicted molar refractivity (Wildman–Crippen MR) is 85.2 cm³/mol. The highest BCUT2D eigenvalue weighted by Gasteiger charge is 2.44. The van der Waals surface area contributed by atoms with E-state index < -0.39 is 20.0 Å². The van der Waals surface area contributed by atoms with E-state index in [2.05, 4.69) is 0 Å². The minimum atomic E-state index is -4.81. The molecule has 0 amide bonds. The summed E-state index contributed by atoms with van der Waals surface area (Å²) in [6.07, 6.45) is 0.452. The van der Waals surface area contributed by atoms with Gasteiger partial charge in [-0.15, -0.1) is 0 Å². The van der Waals surface area contributed by atoms with Gasteiger partial charge in [0.1, 0.15) is 5.75 Å². The van der Waals surface area contributed by atoms with E-state index in [1.165, 1.54) is 26.2 Å². The highest BCUT2D eigenvalue weighted by molar-refractivity contribution is 7.92. The van der Waals surface area contributed by atoms with Gasteiger partial charge in [-0.3, -0.25) is 0 Å². The van der Waals surface area contributed by atoms with E-state index in [0.29, 0.717) is 17.4 Å². The van der Waals surface area contributed by atoms with Crippen LogP contribution < -0.4 is 4.74 Å². The Morgan fingerprint density at radius 2 is 1.61 bits per heavy atom. The van der Waals surface area contributed by atoms with Crippen LogP contribution in [0.25, 0.3) is 5.57 Å². The summed E-state index contributed by atoms with van der Waals surface area (Å²) in [6, 6.07) is 13.2. The summed E-state index contributed by atoms with van der Waals surface area (Å²) in [4.78, 5) is -0.422. The zero-order valence-electron chi connectivity index (χ0n) is 12.7. The van der Waals surface area contributed by atoms with Crippen molar-refractivity contribution >= 4 is 15.4 Å². The van der Waals surface area contributed by atoms with Crippen LogP contribution in [0.3, 0.4) is 0 Å². The fraction of sp³-hybridized carbons (Fsp3) is 0.176. The molecule has 0 heterocycles. The highest BCUT2D eigenvalue weighted by atomic mass is 32.2. The number of para-hydroxylation sites is 1. The van der Waals surface area contributed by atoms with Crippen molar-refractivity contribution in [3.63, 3.8) is 0 Å². The first-order valence-electron chi connectivity index (χ1n) is 6.80. The van der Waals surface area contributed by atoms with Crippen molar-refractivity contribution in [3.8, 4) is 5.75 Å². The maximum absolute atomic E-state index is 14.4. The Balaban J connectivity index is 2.48. The molecule has 0 atom stereocenters. The highest BCUT2D eigenvalue weighted by Crippen LogP contribution is 2.34. The summed E-state index contributed by atoms with van der Waals surface area (Å²) in [6.45, 7) is 1.42. The van der Waals surface area contributed by atoms with Gasteiger partial charge in [0, 0.05) is 11.6 Å². The Bertz CT molecular complexity index is 813. The van der Waals surface area contributed by atoms with E-state index in [9.17, 15) is 17.2 Å². The van der Waals surface area contributed by atoms with Crippen molar-refractivity contribution < 1.29 is 21.9 Å². The van der Waals surface area contributed by atoms with E-state index in [0.717, 1.165) is 12.1 Å². The third-order valence-electron chi connectivity index (χ3n) is 3.33. The van der Waals surface area contributed by atoms with Gasteiger partial charge in [0.15, 0.2) is 0 Å². The number of hydrogen-bond donors (Lipinski definition) is 0. The molecule has 0 radical (unpaired) electrons. The van der Waals surface area contributed by atoms with Gasteiger partial charge >= 0.3 is 5.25 Å².